The molecule has 0 bridgehead atoms. The van der Waals surface area contributed by atoms with E-state index in [2.05, 4.69) is 18.8 Å². The van der Waals surface area contributed by atoms with E-state index in [1.165, 1.54) is 0 Å². The van der Waals surface area contributed by atoms with Crippen LogP contribution in [0, 0.1) is 0 Å². The smallest absolute Gasteiger partial charge is 0.265 e. The molecule has 1 aliphatic rings. The van der Waals surface area contributed by atoms with Crippen LogP contribution < -0.4 is 5.56 Å². The van der Waals surface area contributed by atoms with E-state index in [1.54, 1.807) is 16.8 Å². The number of amides is 1. The summed E-state index contributed by atoms with van der Waals surface area (Å²) < 4.78 is 1.59. The van der Waals surface area contributed by atoms with Gasteiger partial charge in [-0.2, -0.15) is 0 Å². The predicted octanol–water partition coefficient (Wildman–Crippen LogP) is 2.82. The highest BCUT2D eigenvalue weighted by molar-refractivity contribution is 5.97. The van der Waals surface area contributed by atoms with Crippen LogP contribution in [0.15, 0.2) is 29.2 Å². The number of likely N-dealkylation sites (tertiary alicyclic amines) is 1. The van der Waals surface area contributed by atoms with Crippen LogP contribution in [0.5, 0.6) is 0 Å². The van der Waals surface area contributed by atoms with Crippen LogP contribution in [0.1, 0.15) is 50.4 Å². The van der Waals surface area contributed by atoms with Crippen molar-refractivity contribution in [3.8, 4) is 0 Å². The molecule has 3 rings (SSSR count). The van der Waals surface area contributed by atoms with E-state index in [4.69, 9.17) is 0 Å². The van der Waals surface area contributed by atoms with Crippen LogP contribution in [-0.2, 0) is 6.54 Å². The van der Waals surface area contributed by atoms with E-state index in [0.29, 0.717) is 12.2 Å². The van der Waals surface area contributed by atoms with Gasteiger partial charge in [0, 0.05) is 30.2 Å². The van der Waals surface area contributed by atoms with Gasteiger partial charge in [0.1, 0.15) is 11.2 Å². The number of rotatable bonds is 2. The van der Waals surface area contributed by atoms with Gasteiger partial charge in [0.05, 0.1) is 0 Å². The first-order valence-corrected chi connectivity index (χ1v) is 8.35. The second-order valence-electron chi connectivity index (χ2n) is 6.37. The largest absolute Gasteiger partial charge is 0.333 e. The number of hydrogen-bond acceptors (Lipinski definition) is 3. The van der Waals surface area contributed by atoms with E-state index in [1.807, 2.05) is 24.0 Å². The van der Waals surface area contributed by atoms with Crippen LogP contribution in [0.4, 0.5) is 0 Å². The van der Waals surface area contributed by atoms with E-state index in [0.717, 1.165) is 24.6 Å². The lowest BCUT2D eigenvalue weighted by atomic mass is 9.96. The fourth-order valence-electron chi connectivity index (χ4n) is 3.61. The average Bonchev–Trinajstić information content (AvgIpc) is 2.54. The zero-order valence-electron chi connectivity index (χ0n) is 14.0. The Morgan fingerprint density at radius 3 is 2.65 bits per heavy atom. The van der Waals surface area contributed by atoms with Crippen molar-refractivity contribution < 1.29 is 4.79 Å². The van der Waals surface area contributed by atoms with Crippen molar-refractivity contribution >= 4 is 16.9 Å². The number of aryl methyl sites for hydroxylation is 1. The molecule has 3 heterocycles. The summed E-state index contributed by atoms with van der Waals surface area (Å²) >= 11 is 0. The van der Waals surface area contributed by atoms with Gasteiger partial charge in [-0.1, -0.05) is 0 Å². The number of hydrogen-bond donors (Lipinski definition) is 0. The lowest BCUT2D eigenvalue weighted by Crippen LogP contribution is -2.49. The highest BCUT2D eigenvalue weighted by Gasteiger charge is 2.31. The van der Waals surface area contributed by atoms with Crippen molar-refractivity contribution in [1.82, 2.24) is 14.5 Å². The number of nitrogens with zero attached hydrogens (tertiary/aromatic N) is 3. The molecule has 2 aromatic heterocycles. The summed E-state index contributed by atoms with van der Waals surface area (Å²) in [6.45, 7) is 6.53. The summed E-state index contributed by atoms with van der Waals surface area (Å²) in [7, 11) is 0. The van der Waals surface area contributed by atoms with Crippen molar-refractivity contribution in [2.45, 2.75) is 58.7 Å². The Morgan fingerprint density at radius 1 is 1.30 bits per heavy atom. The number of carbonyl (C=O) groups is 1. The third kappa shape index (κ3) is 2.64. The summed E-state index contributed by atoms with van der Waals surface area (Å²) in [4.78, 5) is 32.0. The zero-order valence-corrected chi connectivity index (χ0v) is 14.0. The summed E-state index contributed by atoms with van der Waals surface area (Å²) in [6, 6.07) is 5.77. The van der Waals surface area contributed by atoms with Gasteiger partial charge >= 0.3 is 0 Å². The molecule has 1 amide bonds. The highest BCUT2D eigenvalue weighted by atomic mass is 16.2. The number of piperidine rings is 1. The summed E-state index contributed by atoms with van der Waals surface area (Å²) in [5.74, 6) is -0.150. The maximum Gasteiger partial charge on any atom is 0.265 e. The highest BCUT2D eigenvalue weighted by Crippen LogP contribution is 2.24. The standard InChI is InChI=1S/C18H23N3O2/c1-4-20-16-14(9-6-10-19-16)11-15(17(20)22)18(23)21-12(2)7-5-8-13(21)3/h6,9-13H,4-5,7-8H2,1-3H3/t12-,13-/m0/s1. The molecule has 0 radical (unpaired) electrons. The maximum absolute atomic E-state index is 13.0. The minimum Gasteiger partial charge on any atom is -0.333 e. The third-order valence-corrected chi connectivity index (χ3v) is 4.82. The average molecular weight is 313 g/mol. The molecule has 0 saturated carbocycles. The fraction of sp³-hybridized carbons (Fsp3) is 0.500. The van der Waals surface area contributed by atoms with E-state index >= 15 is 0 Å². The number of aromatic nitrogens is 2. The van der Waals surface area contributed by atoms with Crippen LogP contribution in [0.25, 0.3) is 11.0 Å². The molecule has 2 aromatic rings. The van der Waals surface area contributed by atoms with Crippen molar-refractivity contribution in [3.63, 3.8) is 0 Å². The molecule has 0 unspecified atom stereocenters. The summed E-state index contributed by atoms with van der Waals surface area (Å²) in [5, 5.41) is 0.828. The topological polar surface area (TPSA) is 55.2 Å². The lowest BCUT2D eigenvalue weighted by Gasteiger charge is -2.39. The Morgan fingerprint density at radius 2 is 2.00 bits per heavy atom. The molecule has 0 spiro atoms. The second-order valence-corrected chi connectivity index (χ2v) is 6.37. The van der Waals surface area contributed by atoms with Crippen molar-refractivity contribution in [1.29, 1.82) is 0 Å². The molecule has 122 valence electrons. The second kappa shape index (κ2) is 6.14. The van der Waals surface area contributed by atoms with Crippen LogP contribution >= 0.6 is 0 Å². The first-order chi connectivity index (χ1) is 11.0. The predicted molar refractivity (Wildman–Crippen MR) is 90.6 cm³/mol. The molecule has 1 aliphatic heterocycles. The van der Waals surface area contributed by atoms with Gasteiger partial charge in [-0.05, 0) is 58.2 Å². The van der Waals surface area contributed by atoms with E-state index in [9.17, 15) is 9.59 Å². The van der Waals surface area contributed by atoms with Gasteiger partial charge in [-0.15, -0.1) is 0 Å². The van der Waals surface area contributed by atoms with Crippen molar-refractivity contribution in [3.05, 3.63) is 40.3 Å². The minimum atomic E-state index is -0.242. The fourth-order valence-corrected chi connectivity index (χ4v) is 3.61. The molecular weight excluding hydrogens is 290 g/mol. The quantitative estimate of drug-likeness (QED) is 0.856. The Balaban J connectivity index is 2.14. The first-order valence-electron chi connectivity index (χ1n) is 8.35. The number of pyridine rings is 2. The maximum atomic E-state index is 13.0. The molecule has 1 saturated heterocycles. The summed E-state index contributed by atoms with van der Waals surface area (Å²) in [5.41, 5.74) is 0.651. The molecule has 2 atom stereocenters. The van der Waals surface area contributed by atoms with E-state index in [-0.39, 0.29) is 29.1 Å². The Hall–Kier alpha value is -2.17. The molecule has 5 nitrogen and oxygen atoms in total. The molecule has 23 heavy (non-hydrogen) atoms. The first kappa shape index (κ1) is 15.7. The SMILES string of the molecule is CCn1c(=O)c(C(=O)N2[C@@H](C)CCC[C@@H]2C)cc2cccnc21. The summed E-state index contributed by atoms with van der Waals surface area (Å²) in [6.07, 6.45) is 4.79. The van der Waals surface area contributed by atoms with Crippen LogP contribution in [0.2, 0.25) is 0 Å². The molecule has 0 aromatic carbocycles. The van der Waals surface area contributed by atoms with Gasteiger partial charge in [-0.3, -0.25) is 14.2 Å². The third-order valence-electron chi connectivity index (χ3n) is 4.82. The normalized spacial score (nSPS) is 21.6. The van der Waals surface area contributed by atoms with Crippen molar-refractivity contribution in [2.24, 2.45) is 0 Å². The molecular formula is C18H23N3O2. The van der Waals surface area contributed by atoms with Gasteiger partial charge in [0.25, 0.3) is 11.5 Å². The zero-order chi connectivity index (χ0) is 16.6. The molecule has 0 aliphatic carbocycles. The van der Waals surface area contributed by atoms with Crippen LogP contribution in [-0.4, -0.2) is 32.4 Å². The Labute approximate surface area is 135 Å². The van der Waals surface area contributed by atoms with Gasteiger partial charge in [-0.25, -0.2) is 4.98 Å². The van der Waals surface area contributed by atoms with Crippen LogP contribution in [0.3, 0.4) is 0 Å². The monoisotopic (exact) mass is 313 g/mol. The van der Waals surface area contributed by atoms with E-state index < -0.39 is 0 Å². The Bertz CT molecular complexity index is 786. The minimum absolute atomic E-state index is 0.150. The van der Waals surface area contributed by atoms with Gasteiger partial charge in [0.2, 0.25) is 0 Å². The number of fused-ring (bicyclic) bond motifs is 1. The molecule has 1 fully saturated rings. The van der Waals surface area contributed by atoms with Gasteiger partial charge < -0.3 is 4.90 Å². The van der Waals surface area contributed by atoms with Gasteiger partial charge in [0.15, 0.2) is 0 Å². The Kier molecular flexibility index (Phi) is 4.20. The molecule has 5 heteroatoms. The van der Waals surface area contributed by atoms with Crippen molar-refractivity contribution in [2.75, 3.05) is 0 Å². The molecule has 0 N–H and O–H groups in total. The number of carbonyl (C=O) groups excluding carboxylic acids is 1. The lowest BCUT2D eigenvalue weighted by molar-refractivity contribution is 0.0508.